The molecule has 0 aliphatic carbocycles. The van der Waals surface area contributed by atoms with Gasteiger partial charge in [0.25, 0.3) is 0 Å². The molecular weight excluding hydrogens is 111 g/mol. The van der Waals surface area contributed by atoms with Gasteiger partial charge in [0, 0.05) is 6.08 Å². The molecule has 0 saturated carbocycles. The van der Waals surface area contributed by atoms with Gasteiger partial charge >= 0.3 is 5.97 Å². The first-order valence-electron chi connectivity index (χ1n) is 1.75. The maximum Gasteiger partial charge on any atom is 0.327 e. The van der Waals surface area contributed by atoms with Gasteiger partial charge in [-0.25, -0.2) is 9.18 Å². The van der Waals surface area contributed by atoms with E-state index in [1.54, 1.807) is 0 Å². The summed E-state index contributed by atoms with van der Waals surface area (Å²) in [6.45, 7) is 5.66. The highest BCUT2D eigenvalue weighted by Crippen LogP contribution is 1.54. The quantitative estimate of drug-likeness (QED) is 0.528. The zero-order valence-electron chi connectivity index (χ0n) is 4.30. The van der Waals surface area contributed by atoms with Gasteiger partial charge in [-0.1, -0.05) is 13.2 Å². The number of halogens is 1. The van der Waals surface area contributed by atoms with Gasteiger partial charge in [-0.05, 0) is 0 Å². The van der Waals surface area contributed by atoms with Crippen LogP contribution in [-0.4, -0.2) is 11.1 Å². The molecule has 0 aromatic rings. The zero-order chi connectivity index (χ0) is 6.99. The molecule has 0 atom stereocenters. The molecule has 1 N–H and O–H groups in total. The summed E-state index contributed by atoms with van der Waals surface area (Å²) in [5.74, 6) is -0.981. The lowest BCUT2D eigenvalue weighted by Crippen LogP contribution is -1.82. The summed E-state index contributed by atoms with van der Waals surface area (Å²) in [4.78, 5) is 9.25. The number of rotatable bonds is 1. The summed E-state index contributed by atoms with van der Waals surface area (Å²) in [5.41, 5.74) is 0. The van der Waals surface area contributed by atoms with E-state index in [-0.39, 0.29) is 6.33 Å². The highest BCUT2D eigenvalue weighted by molar-refractivity contribution is 5.78. The fourth-order valence-corrected chi connectivity index (χ4v) is 0. The Labute approximate surface area is 46.9 Å². The van der Waals surface area contributed by atoms with Crippen molar-refractivity contribution < 1.29 is 14.3 Å². The lowest BCUT2D eigenvalue weighted by Gasteiger charge is -1.64. The summed E-state index contributed by atoms with van der Waals surface area (Å²) in [6, 6.07) is 0. The number of hydrogen-bond acceptors (Lipinski definition) is 1. The van der Waals surface area contributed by atoms with E-state index in [0.29, 0.717) is 0 Å². The molecule has 8 heavy (non-hydrogen) atoms. The molecule has 0 unspecified atom stereocenters. The van der Waals surface area contributed by atoms with E-state index < -0.39 is 5.97 Å². The Hall–Kier alpha value is -1.12. The molecule has 0 aliphatic heterocycles. The third-order valence-electron chi connectivity index (χ3n) is 0.175. The molecule has 46 valence electrons. The Bertz CT molecular complexity index is 88.4. The van der Waals surface area contributed by atoms with E-state index in [1.165, 1.54) is 0 Å². The van der Waals surface area contributed by atoms with Crippen LogP contribution in [0.5, 0.6) is 0 Å². The molecule has 0 aromatic heterocycles. The van der Waals surface area contributed by atoms with E-state index in [4.69, 9.17) is 5.11 Å². The van der Waals surface area contributed by atoms with Crippen molar-refractivity contribution in [3.63, 3.8) is 0 Å². The fraction of sp³-hybridized carbons (Fsp3) is 0. The minimum Gasteiger partial charge on any atom is -0.478 e. The van der Waals surface area contributed by atoms with Crippen molar-refractivity contribution in [2.45, 2.75) is 0 Å². The molecule has 3 heteroatoms. The first-order valence-corrected chi connectivity index (χ1v) is 1.75. The molecule has 0 rings (SSSR count). The molecular formula is C5H7FO2. The average Bonchev–Trinajstić information content (AvgIpc) is 1.69. The Kier molecular flexibility index (Phi) is 11.6. The van der Waals surface area contributed by atoms with E-state index in [2.05, 4.69) is 13.2 Å². The number of carboxylic acid groups (broad SMARTS) is 1. The van der Waals surface area contributed by atoms with Gasteiger partial charge in [0.2, 0.25) is 0 Å². The average molecular weight is 118 g/mol. The first kappa shape index (κ1) is 9.99. The van der Waals surface area contributed by atoms with Gasteiger partial charge in [-0.3, -0.25) is 0 Å². The van der Waals surface area contributed by atoms with Gasteiger partial charge in [-0.2, -0.15) is 0 Å². The molecule has 0 radical (unpaired) electrons. The van der Waals surface area contributed by atoms with Crippen LogP contribution in [0.15, 0.2) is 25.6 Å². The molecule has 0 amide bonds. The molecule has 0 fully saturated rings. The van der Waals surface area contributed by atoms with E-state index in [1.807, 2.05) is 0 Å². The predicted octanol–water partition coefficient (Wildman–Crippen LogP) is 1.36. The topological polar surface area (TPSA) is 37.3 Å². The second-order valence-corrected chi connectivity index (χ2v) is 0.697. The molecule has 0 aliphatic rings. The minimum atomic E-state index is -0.981. The van der Waals surface area contributed by atoms with Crippen LogP contribution in [0.3, 0.4) is 0 Å². The van der Waals surface area contributed by atoms with Gasteiger partial charge in [0.05, 0.1) is 6.33 Å². The van der Waals surface area contributed by atoms with Gasteiger partial charge in [-0.15, -0.1) is 0 Å². The lowest BCUT2D eigenvalue weighted by molar-refractivity contribution is -0.131. The van der Waals surface area contributed by atoms with Gasteiger partial charge in [0.1, 0.15) is 0 Å². The van der Waals surface area contributed by atoms with Crippen LogP contribution in [0.25, 0.3) is 0 Å². The van der Waals surface area contributed by atoms with Crippen molar-refractivity contribution >= 4 is 5.97 Å². The number of carboxylic acids is 1. The number of carbonyl (C=O) groups is 1. The molecule has 0 heterocycles. The summed E-state index contributed by atoms with van der Waals surface area (Å²) >= 11 is 0. The van der Waals surface area contributed by atoms with Crippen LogP contribution in [0, 0.1) is 0 Å². The molecule has 0 spiro atoms. The van der Waals surface area contributed by atoms with E-state index >= 15 is 0 Å². The zero-order valence-corrected chi connectivity index (χ0v) is 4.30. The fourth-order valence-electron chi connectivity index (χ4n) is 0. The van der Waals surface area contributed by atoms with E-state index in [0.717, 1.165) is 6.08 Å². The standard InChI is InChI=1S/C3H4O2.C2H3F/c1-2-3(4)5;1-2-3/h2H,1H2,(H,4,5);2H,1H2. The molecule has 0 aromatic carbocycles. The van der Waals surface area contributed by atoms with Crippen LogP contribution in [0.2, 0.25) is 0 Å². The van der Waals surface area contributed by atoms with Crippen molar-refractivity contribution in [3.05, 3.63) is 25.6 Å². The summed E-state index contributed by atoms with van der Waals surface area (Å²) < 4.78 is 10.1. The highest BCUT2D eigenvalue weighted by atomic mass is 19.1. The van der Waals surface area contributed by atoms with Crippen molar-refractivity contribution in [1.29, 1.82) is 0 Å². The third-order valence-corrected chi connectivity index (χ3v) is 0.175. The van der Waals surface area contributed by atoms with Crippen LogP contribution in [0.4, 0.5) is 4.39 Å². The molecule has 2 nitrogen and oxygen atoms in total. The van der Waals surface area contributed by atoms with Crippen molar-refractivity contribution in [1.82, 2.24) is 0 Å². The van der Waals surface area contributed by atoms with Crippen LogP contribution < -0.4 is 0 Å². The van der Waals surface area contributed by atoms with Crippen LogP contribution >= 0.6 is 0 Å². The van der Waals surface area contributed by atoms with Crippen molar-refractivity contribution in [2.75, 3.05) is 0 Å². The van der Waals surface area contributed by atoms with Crippen molar-refractivity contribution in [2.24, 2.45) is 0 Å². The third kappa shape index (κ3) is 94.9. The van der Waals surface area contributed by atoms with Gasteiger partial charge < -0.3 is 5.11 Å². The smallest absolute Gasteiger partial charge is 0.327 e. The largest absolute Gasteiger partial charge is 0.478 e. The normalized spacial score (nSPS) is 5.62. The maximum atomic E-state index is 10.1. The Morgan fingerprint density at radius 1 is 1.62 bits per heavy atom. The summed E-state index contributed by atoms with van der Waals surface area (Å²) in [6.07, 6.45) is 1.08. The Morgan fingerprint density at radius 3 is 1.75 bits per heavy atom. The highest BCUT2D eigenvalue weighted by Gasteiger charge is 1.73. The Balaban J connectivity index is 0. The SMILES string of the molecule is C=CC(=O)O.C=CF. The van der Waals surface area contributed by atoms with Crippen LogP contribution in [0.1, 0.15) is 0 Å². The number of hydrogen-bond donors (Lipinski definition) is 1. The number of aliphatic carboxylic acids is 1. The van der Waals surface area contributed by atoms with E-state index in [9.17, 15) is 9.18 Å². The van der Waals surface area contributed by atoms with Crippen molar-refractivity contribution in [3.8, 4) is 0 Å². The Morgan fingerprint density at radius 2 is 1.75 bits per heavy atom. The maximum absolute atomic E-state index is 10.1. The minimum absolute atomic E-state index is 0.250. The van der Waals surface area contributed by atoms with Crippen LogP contribution in [-0.2, 0) is 4.79 Å². The monoisotopic (exact) mass is 118 g/mol. The van der Waals surface area contributed by atoms with Gasteiger partial charge in [0.15, 0.2) is 0 Å². The summed E-state index contributed by atoms with van der Waals surface area (Å²) in [7, 11) is 0. The first-order chi connectivity index (χ1) is 3.68. The molecule has 0 saturated heterocycles. The molecule has 0 bridgehead atoms. The second kappa shape index (κ2) is 9.30. The predicted molar refractivity (Wildman–Crippen MR) is 29.1 cm³/mol. The lowest BCUT2D eigenvalue weighted by atomic mass is 10.7. The summed E-state index contributed by atoms with van der Waals surface area (Å²) in [5, 5.41) is 7.60. The second-order valence-electron chi connectivity index (χ2n) is 0.697.